The van der Waals surface area contributed by atoms with Crippen LogP contribution in [-0.2, 0) is 0 Å². The van der Waals surface area contributed by atoms with E-state index in [1.807, 2.05) is 25.1 Å². The van der Waals surface area contributed by atoms with E-state index >= 15 is 0 Å². The van der Waals surface area contributed by atoms with Gasteiger partial charge in [0.25, 0.3) is 5.91 Å². The molecule has 0 spiro atoms. The molecule has 0 atom stereocenters. The summed E-state index contributed by atoms with van der Waals surface area (Å²) in [5, 5.41) is 2.81. The summed E-state index contributed by atoms with van der Waals surface area (Å²) in [4.78, 5) is 16.1. The zero-order valence-corrected chi connectivity index (χ0v) is 12.7. The van der Waals surface area contributed by atoms with Crippen LogP contribution < -0.4 is 5.32 Å². The van der Waals surface area contributed by atoms with Crippen LogP contribution in [0.3, 0.4) is 0 Å². The van der Waals surface area contributed by atoms with Gasteiger partial charge in [-0.25, -0.2) is 4.98 Å². The molecule has 0 radical (unpaired) electrons. The monoisotopic (exact) mass is 368 g/mol. The van der Waals surface area contributed by atoms with Crippen molar-refractivity contribution in [3.63, 3.8) is 0 Å². The number of halogens is 2. The third-order valence-corrected chi connectivity index (χ3v) is 3.15. The molecule has 1 heterocycles. The van der Waals surface area contributed by atoms with E-state index in [0.717, 1.165) is 15.7 Å². The summed E-state index contributed by atoms with van der Waals surface area (Å²) in [6, 6.07) is 11.0. The number of benzene rings is 1. The SMILES string of the molecule is Cc1cc(Br)cc(NC(=O)c2cccc(Br)n2)c1. The van der Waals surface area contributed by atoms with E-state index in [0.29, 0.717) is 10.3 Å². The number of rotatable bonds is 2. The normalized spacial score (nSPS) is 10.2. The lowest BCUT2D eigenvalue weighted by atomic mass is 10.2. The van der Waals surface area contributed by atoms with Gasteiger partial charge >= 0.3 is 0 Å². The topological polar surface area (TPSA) is 42.0 Å². The molecule has 18 heavy (non-hydrogen) atoms. The number of nitrogens with zero attached hydrogens (tertiary/aromatic N) is 1. The highest BCUT2D eigenvalue weighted by atomic mass is 79.9. The molecular weight excluding hydrogens is 360 g/mol. The van der Waals surface area contributed by atoms with Gasteiger partial charge in [-0.3, -0.25) is 4.79 Å². The summed E-state index contributed by atoms with van der Waals surface area (Å²) >= 11 is 6.64. The Morgan fingerprint density at radius 1 is 1.22 bits per heavy atom. The molecule has 0 bridgehead atoms. The number of anilines is 1. The molecule has 0 saturated carbocycles. The number of aryl methyl sites for hydroxylation is 1. The molecule has 0 saturated heterocycles. The van der Waals surface area contributed by atoms with E-state index < -0.39 is 0 Å². The van der Waals surface area contributed by atoms with E-state index in [9.17, 15) is 4.79 Å². The van der Waals surface area contributed by atoms with Gasteiger partial charge in [0.2, 0.25) is 0 Å². The predicted molar refractivity (Wildman–Crippen MR) is 78.8 cm³/mol. The lowest BCUT2D eigenvalue weighted by Crippen LogP contribution is -2.13. The summed E-state index contributed by atoms with van der Waals surface area (Å²) in [7, 11) is 0. The first-order chi connectivity index (χ1) is 8.54. The van der Waals surface area contributed by atoms with Crippen LogP contribution in [0.25, 0.3) is 0 Å². The zero-order valence-electron chi connectivity index (χ0n) is 9.58. The van der Waals surface area contributed by atoms with Crippen LogP contribution in [0, 0.1) is 6.92 Å². The molecule has 92 valence electrons. The van der Waals surface area contributed by atoms with Crippen molar-refractivity contribution in [2.24, 2.45) is 0 Å². The first-order valence-electron chi connectivity index (χ1n) is 5.26. The van der Waals surface area contributed by atoms with Crippen molar-refractivity contribution in [3.05, 3.63) is 56.7 Å². The Morgan fingerprint density at radius 2 is 2.00 bits per heavy atom. The Balaban J connectivity index is 2.21. The second-order valence-corrected chi connectivity index (χ2v) is 5.55. The van der Waals surface area contributed by atoms with Gasteiger partial charge in [-0.1, -0.05) is 22.0 Å². The van der Waals surface area contributed by atoms with Gasteiger partial charge in [-0.05, 0) is 58.7 Å². The number of carbonyl (C=O) groups is 1. The number of aromatic nitrogens is 1. The van der Waals surface area contributed by atoms with E-state index in [4.69, 9.17) is 0 Å². The quantitative estimate of drug-likeness (QED) is 0.807. The van der Waals surface area contributed by atoms with Crippen LogP contribution in [0.15, 0.2) is 45.5 Å². The van der Waals surface area contributed by atoms with E-state index in [1.165, 1.54) is 0 Å². The van der Waals surface area contributed by atoms with Gasteiger partial charge in [-0.15, -0.1) is 0 Å². The molecule has 0 fully saturated rings. The van der Waals surface area contributed by atoms with Crippen molar-refractivity contribution in [3.8, 4) is 0 Å². The fourth-order valence-corrected chi connectivity index (χ4v) is 2.49. The smallest absolute Gasteiger partial charge is 0.274 e. The number of carbonyl (C=O) groups excluding carboxylic acids is 1. The van der Waals surface area contributed by atoms with Crippen LogP contribution in [0.4, 0.5) is 5.69 Å². The number of hydrogen-bond donors (Lipinski definition) is 1. The van der Waals surface area contributed by atoms with Gasteiger partial charge in [0.15, 0.2) is 0 Å². The number of amides is 1. The molecule has 0 unspecified atom stereocenters. The Bertz CT molecular complexity index is 579. The van der Waals surface area contributed by atoms with Crippen LogP contribution in [0.5, 0.6) is 0 Å². The molecule has 1 N–H and O–H groups in total. The number of pyridine rings is 1. The Hall–Kier alpha value is -1.20. The maximum Gasteiger partial charge on any atom is 0.274 e. The summed E-state index contributed by atoms with van der Waals surface area (Å²) in [5.41, 5.74) is 2.19. The Labute approximate surface area is 122 Å². The van der Waals surface area contributed by atoms with E-state index in [-0.39, 0.29) is 5.91 Å². The van der Waals surface area contributed by atoms with Gasteiger partial charge in [-0.2, -0.15) is 0 Å². The van der Waals surface area contributed by atoms with E-state index in [2.05, 4.69) is 42.2 Å². The molecule has 2 rings (SSSR count). The van der Waals surface area contributed by atoms with Crippen LogP contribution in [0.1, 0.15) is 16.1 Å². The lowest BCUT2D eigenvalue weighted by molar-refractivity contribution is 0.102. The minimum atomic E-state index is -0.228. The molecule has 3 nitrogen and oxygen atoms in total. The molecular formula is C13H10Br2N2O. The van der Waals surface area contributed by atoms with Gasteiger partial charge in [0, 0.05) is 10.2 Å². The maximum atomic E-state index is 12.0. The van der Waals surface area contributed by atoms with Crippen LogP contribution in [-0.4, -0.2) is 10.9 Å². The molecule has 0 aliphatic heterocycles. The standard InChI is InChI=1S/C13H10Br2N2O/c1-8-5-9(14)7-10(6-8)16-13(18)11-3-2-4-12(15)17-11/h2-7H,1H3,(H,16,18). The number of hydrogen-bond acceptors (Lipinski definition) is 2. The summed E-state index contributed by atoms with van der Waals surface area (Å²) in [6.07, 6.45) is 0. The first-order valence-corrected chi connectivity index (χ1v) is 6.84. The molecule has 1 aromatic heterocycles. The first kappa shape index (κ1) is 13.2. The number of nitrogens with one attached hydrogen (secondary N) is 1. The third kappa shape index (κ3) is 3.40. The van der Waals surface area contributed by atoms with Crippen molar-refractivity contribution in [1.29, 1.82) is 0 Å². The van der Waals surface area contributed by atoms with E-state index in [1.54, 1.807) is 18.2 Å². The predicted octanol–water partition coefficient (Wildman–Crippen LogP) is 4.17. The van der Waals surface area contributed by atoms with Crippen molar-refractivity contribution in [1.82, 2.24) is 4.98 Å². The van der Waals surface area contributed by atoms with Crippen molar-refractivity contribution >= 4 is 43.5 Å². The molecule has 2 aromatic rings. The highest BCUT2D eigenvalue weighted by Crippen LogP contribution is 2.19. The minimum absolute atomic E-state index is 0.228. The Morgan fingerprint density at radius 3 is 2.67 bits per heavy atom. The fraction of sp³-hybridized carbons (Fsp3) is 0.0769. The molecule has 1 aromatic carbocycles. The zero-order chi connectivity index (χ0) is 13.1. The average molecular weight is 370 g/mol. The highest BCUT2D eigenvalue weighted by Gasteiger charge is 2.08. The molecule has 1 amide bonds. The average Bonchev–Trinajstić information content (AvgIpc) is 2.27. The van der Waals surface area contributed by atoms with Gasteiger partial charge in [0.1, 0.15) is 10.3 Å². The Kier molecular flexibility index (Phi) is 4.14. The van der Waals surface area contributed by atoms with Crippen molar-refractivity contribution < 1.29 is 4.79 Å². The highest BCUT2D eigenvalue weighted by molar-refractivity contribution is 9.10. The summed E-state index contributed by atoms with van der Waals surface area (Å²) < 4.78 is 1.57. The second-order valence-electron chi connectivity index (χ2n) is 3.82. The van der Waals surface area contributed by atoms with Crippen molar-refractivity contribution in [2.75, 3.05) is 5.32 Å². The fourth-order valence-electron chi connectivity index (χ4n) is 1.54. The summed E-state index contributed by atoms with van der Waals surface area (Å²) in [5.74, 6) is -0.228. The van der Waals surface area contributed by atoms with Gasteiger partial charge in [0.05, 0.1) is 0 Å². The lowest BCUT2D eigenvalue weighted by Gasteiger charge is -2.06. The largest absolute Gasteiger partial charge is 0.321 e. The second kappa shape index (κ2) is 5.63. The van der Waals surface area contributed by atoms with Crippen molar-refractivity contribution in [2.45, 2.75) is 6.92 Å². The van der Waals surface area contributed by atoms with Crippen LogP contribution in [0.2, 0.25) is 0 Å². The molecule has 5 heteroatoms. The molecule has 0 aliphatic carbocycles. The summed E-state index contributed by atoms with van der Waals surface area (Å²) in [6.45, 7) is 1.97. The van der Waals surface area contributed by atoms with Crippen LogP contribution >= 0.6 is 31.9 Å². The maximum absolute atomic E-state index is 12.0. The third-order valence-electron chi connectivity index (χ3n) is 2.25. The molecule has 0 aliphatic rings. The van der Waals surface area contributed by atoms with Gasteiger partial charge < -0.3 is 5.32 Å². The minimum Gasteiger partial charge on any atom is -0.321 e.